The number of nitrogens with two attached hydrogens (primary N) is 1. The molecule has 0 saturated carbocycles. The van der Waals surface area contributed by atoms with Gasteiger partial charge in [0.2, 0.25) is 5.91 Å². The van der Waals surface area contributed by atoms with Gasteiger partial charge in [0.15, 0.2) is 0 Å². The number of carbonyl (C=O) groups is 1. The average Bonchev–Trinajstić information content (AvgIpc) is 2.26. The van der Waals surface area contributed by atoms with Gasteiger partial charge in [0.1, 0.15) is 0 Å². The molecule has 3 nitrogen and oxygen atoms in total. The normalized spacial score (nSPS) is 12.0. The largest absolute Gasteiger partial charge is 0.323 e. The summed E-state index contributed by atoms with van der Waals surface area (Å²) in [7, 11) is 0. The summed E-state index contributed by atoms with van der Waals surface area (Å²) in [6.07, 6.45) is 1.95. The van der Waals surface area contributed by atoms with E-state index in [1.54, 1.807) is 6.08 Å². The van der Waals surface area contributed by atoms with E-state index < -0.39 is 6.04 Å². The molecular formula is C11H11Cl3N2O. The first-order chi connectivity index (χ1) is 7.95. The average molecular weight is 294 g/mol. The van der Waals surface area contributed by atoms with Gasteiger partial charge < -0.3 is 11.1 Å². The molecule has 0 spiro atoms. The van der Waals surface area contributed by atoms with Crippen LogP contribution in [0, 0.1) is 0 Å². The van der Waals surface area contributed by atoms with E-state index in [0.717, 1.165) is 0 Å². The van der Waals surface area contributed by atoms with Crippen LogP contribution in [-0.2, 0) is 4.79 Å². The highest BCUT2D eigenvalue weighted by molar-refractivity contribution is 6.44. The maximum absolute atomic E-state index is 11.6. The second-order valence-corrected chi connectivity index (χ2v) is 4.59. The predicted octanol–water partition coefficient (Wildman–Crippen LogP) is 3.49. The summed E-state index contributed by atoms with van der Waals surface area (Å²) in [5, 5.41) is 3.51. The summed E-state index contributed by atoms with van der Waals surface area (Å²) in [6.45, 7) is 3.51. The summed E-state index contributed by atoms with van der Waals surface area (Å²) < 4.78 is 0. The van der Waals surface area contributed by atoms with E-state index in [9.17, 15) is 4.79 Å². The second kappa shape index (κ2) is 6.26. The molecule has 92 valence electrons. The molecule has 0 fully saturated rings. The number of nitrogens with one attached hydrogen (secondary N) is 1. The van der Waals surface area contributed by atoms with E-state index in [2.05, 4.69) is 11.9 Å². The highest BCUT2D eigenvalue weighted by Crippen LogP contribution is 2.32. The van der Waals surface area contributed by atoms with Crippen molar-refractivity contribution >= 4 is 46.4 Å². The Kier molecular flexibility index (Phi) is 5.28. The van der Waals surface area contributed by atoms with Gasteiger partial charge in [-0.2, -0.15) is 0 Å². The zero-order valence-electron chi connectivity index (χ0n) is 8.84. The molecule has 1 unspecified atom stereocenters. The van der Waals surface area contributed by atoms with Gasteiger partial charge in [0.25, 0.3) is 0 Å². The molecule has 0 aliphatic heterocycles. The van der Waals surface area contributed by atoms with Crippen LogP contribution in [0.3, 0.4) is 0 Å². The van der Waals surface area contributed by atoms with Gasteiger partial charge in [-0.3, -0.25) is 4.79 Å². The quantitative estimate of drug-likeness (QED) is 0.659. The minimum absolute atomic E-state index is 0.304. The Bertz CT molecular complexity index is 449. The minimum Gasteiger partial charge on any atom is -0.323 e. The van der Waals surface area contributed by atoms with Gasteiger partial charge in [-0.1, -0.05) is 40.9 Å². The van der Waals surface area contributed by atoms with Crippen LogP contribution in [0.25, 0.3) is 0 Å². The van der Waals surface area contributed by atoms with Crippen molar-refractivity contribution in [1.29, 1.82) is 0 Å². The van der Waals surface area contributed by atoms with Crippen LogP contribution < -0.4 is 11.1 Å². The van der Waals surface area contributed by atoms with Gasteiger partial charge in [0.05, 0.1) is 26.8 Å². The van der Waals surface area contributed by atoms with Gasteiger partial charge in [-0.25, -0.2) is 0 Å². The molecule has 0 saturated heterocycles. The molecule has 0 aliphatic rings. The fourth-order valence-electron chi connectivity index (χ4n) is 1.13. The van der Waals surface area contributed by atoms with Gasteiger partial charge in [-0.15, -0.1) is 6.58 Å². The van der Waals surface area contributed by atoms with Crippen molar-refractivity contribution in [2.45, 2.75) is 12.5 Å². The highest BCUT2D eigenvalue weighted by Gasteiger charge is 2.14. The third-order valence-corrected chi connectivity index (χ3v) is 3.06. The second-order valence-electron chi connectivity index (χ2n) is 3.37. The van der Waals surface area contributed by atoms with Crippen LogP contribution in [0.4, 0.5) is 5.69 Å². The molecule has 1 atom stereocenters. The lowest BCUT2D eigenvalue weighted by atomic mass is 10.2. The zero-order chi connectivity index (χ0) is 13.0. The molecule has 1 aromatic carbocycles. The van der Waals surface area contributed by atoms with E-state index in [1.807, 2.05) is 0 Å². The van der Waals surface area contributed by atoms with Crippen LogP contribution in [-0.4, -0.2) is 11.9 Å². The third kappa shape index (κ3) is 3.89. The number of anilines is 1. The van der Waals surface area contributed by atoms with Crippen LogP contribution >= 0.6 is 34.8 Å². The van der Waals surface area contributed by atoms with E-state index in [0.29, 0.717) is 27.2 Å². The fraction of sp³-hybridized carbons (Fsp3) is 0.182. The summed E-state index contributed by atoms with van der Waals surface area (Å²) >= 11 is 17.5. The van der Waals surface area contributed by atoms with Crippen molar-refractivity contribution in [2.24, 2.45) is 5.73 Å². The van der Waals surface area contributed by atoms with Gasteiger partial charge in [0, 0.05) is 0 Å². The molecule has 0 aliphatic carbocycles. The highest BCUT2D eigenvalue weighted by atomic mass is 35.5. The molecule has 17 heavy (non-hydrogen) atoms. The number of hydrogen-bond donors (Lipinski definition) is 2. The SMILES string of the molecule is C=CCC(N)C(=O)Nc1cc(Cl)c(Cl)cc1Cl. The van der Waals surface area contributed by atoms with E-state index >= 15 is 0 Å². The number of rotatable bonds is 4. The Labute approximate surface area is 115 Å². The van der Waals surface area contributed by atoms with E-state index in [4.69, 9.17) is 40.5 Å². The summed E-state index contributed by atoms with van der Waals surface area (Å²) in [6, 6.07) is 2.27. The molecule has 1 amide bonds. The molecule has 3 N–H and O–H groups in total. The van der Waals surface area contributed by atoms with E-state index in [1.165, 1.54) is 12.1 Å². The molecule has 6 heteroatoms. The molecule has 0 aromatic heterocycles. The number of benzene rings is 1. The van der Waals surface area contributed by atoms with Gasteiger partial charge >= 0.3 is 0 Å². The molecule has 0 heterocycles. The lowest BCUT2D eigenvalue weighted by molar-refractivity contribution is -0.117. The van der Waals surface area contributed by atoms with Gasteiger partial charge in [-0.05, 0) is 18.6 Å². The predicted molar refractivity (Wildman–Crippen MR) is 72.9 cm³/mol. The fourth-order valence-corrected chi connectivity index (χ4v) is 1.72. The van der Waals surface area contributed by atoms with Crippen LogP contribution in [0.5, 0.6) is 0 Å². The Morgan fingerprint density at radius 3 is 2.53 bits per heavy atom. The number of amides is 1. The van der Waals surface area contributed by atoms with Crippen molar-refractivity contribution in [3.8, 4) is 0 Å². The zero-order valence-corrected chi connectivity index (χ0v) is 11.1. The van der Waals surface area contributed by atoms with Crippen molar-refractivity contribution in [1.82, 2.24) is 0 Å². The van der Waals surface area contributed by atoms with E-state index in [-0.39, 0.29) is 5.91 Å². The first kappa shape index (κ1) is 14.3. The Morgan fingerprint density at radius 1 is 1.35 bits per heavy atom. The topological polar surface area (TPSA) is 55.1 Å². The Hall–Kier alpha value is -0.740. The van der Waals surface area contributed by atoms with Crippen molar-refractivity contribution in [3.63, 3.8) is 0 Å². The lowest BCUT2D eigenvalue weighted by Gasteiger charge is -2.12. The maximum Gasteiger partial charge on any atom is 0.241 e. The molecular weight excluding hydrogens is 282 g/mol. The number of hydrogen-bond acceptors (Lipinski definition) is 2. The maximum atomic E-state index is 11.6. The van der Waals surface area contributed by atoms with Crippen molar-refractivity contribution < 1.29 is 4.79 Å². The first-order valence-electron chi connectivity index (χ1n) is 4.77. The van der Waals surface area contributed by atoms with Crippen LogP contribution in [0.2, 0.25) is 15.1 Å². The van der Waals surface area contributed by atoms with Crippen LogP contribution in [0.1, 0.15) is 6.42 Å². The summed E-state index contributed by atoms with van der Waals surface area (Å²) in [5.74, 6) is -0.356. The molecule has 1 aromatic rings. The molecule has 0 bridgehead atoms. The number of halogens is 3. The van der Waals surface area contributed by atoms with Crippen molar-refractivity contribution in [2.75, 3.05) is 5.32 Å². The smallest absolute Gasteiger partial charge is 0.241 e. The molecule has 1 rings (SSSR count). The number of carbonyl (C=O) groups excluding carboxylic acids is 1. The summed E-state index contributed by atoms with van der Waals surface area (Å²) in [5.41, 5.74) is 5.99. The summed E-state index contributed by atoms with van der Waals surface area (Å²) in [4.78, 5) is 11.6. The third-order valence-electron chi connectivity index (χ3n) is 2.03. The Morgan fingerprint density at radius 2 is 1.94 bits per heavy atom. The standard InChI is InChI=1S/C11H11Cl3N2O/c1-2-3-9(15)11(17)16-10-5-7(13)6(12)4-8(10)14/h2,4-5,9H,1,3,15H2,(H,16,17). The lowest BCUT2D eigenvalue weighted by Crippen LogP contribution is -2.35. The van der Waals surface area contributed by atoms with Crippen LogP contribution in [0.15, 0.2) is 24.8 Å². The molecule has 0 radical (unpaired) electrons. The van der Waals surface area contributed by atoms with Crippen molar-refractivity contribution in [3.05, 3.63) is 39.9 Å². The first-order valence-corrected chi connectivity index (χ1v) is 5.91. The minimum atomic E-state index is -0.668. The Balaban J connectivity index is 2.85. The monoisotopic (exact) mass is 292 g/mol.